The highest BCUT2D eigenvalue weighted by Gasteiger charge is 2.13. The van der Waals surface area contributed by atoms with Gasteiger partial charge in [-0.3, -0.25) is 0 Å². The summed E-state index contributed by atoms with van der Waals surface area (Å²) in [5.41, 5.74) is 1.91. The minimum Gasteiger partial charge on any atom is -0.493 e. The van der Waals surface area contributed by atoms with Gasteiger partial charge in [-0.2, -0.15) is 0 Å². The topological polar surface area (TPSA) is 62.8 Å². The normalized spacial score (nSPS) is 11.3. The van der Waals surface area contributed by atoms with Crippen LogP contribution >= 0.6 is 63.9 Å². The Labute approximate surface area is 208 Å². The van der Waals surface area contributed by atoms with Crippen molar-refractivity contribution in [1.82, 2.24) is 10.6 Å². The number of aliphatic hydroxyl groups is 1. The minimum atomic E-state index is -0.337. The average molecular weight is 565 g/mol. The van der Waals surface area contributed by atoms with Crippen LogP contribution in [0.2, 0.25) is 10.0 Å². The fraction of sp³-hybridized carbons (Fsp3) is 0.400. The van der Waals surface area contributed by atoms with Crippen molar-refractivity contribution in [3.63, 3.8) is 0 Å². The number of nitrogens with one attached hydrogen (secondary N) is 2. The van der Waals surface area contributed by atoms with E-state index in [0.717, 1.165) is 28.7 Å². The smallest absolute Gasteiger partial charge is 0.175 e. The monoisotopic (exact) mass is 562 g/mol. The van der Waals surface area contributed by atoms with Crippen molar-refractivity contribution in [2.24, 2.45) is 0 Å². The number of methoxy groups -OCH3 is 1. The Kier molecular flexibility index (Phi) is 15.2. The quantitative estimate of drug-likeness (QED) is 0.326. The molecule has 170 valence electrons. The van der Waals surface area contributed by atoms with Gasteiger partial charge in [0.1, 0.15) is 6.61 Å². The third kappa shape index (κ3) is 9.79. The van der Waals surface area contributed by atoms with Crippen molar-refractivity contribution in [1.29, 1.82) is 0 Å². The summed E-state index contributed by atoms with van der Waals surface area (Å²) in [4.78, 5) is 0. The van der Waals surface area contributed by atoms with E-state index >= 15 is 0 Å². The van der Waals surface area contributed by atoms with E-state index in [4.69, 9.17) is 32.7 Å². The molecule has 0 aromatic heterocycles. The number of halogens is 5. The maximum Gasteiger partial charge on any atom is 0.175 e. The molecule has 0 saturated carbocycles. The number of hydrogen-bond donors (Lipinski definition) is 3. The number of aliphatic hydroxyl groups excluding tert-OH is 1. The lowest BCUT2D eigenvalue weighted by Gasteiger charge is -2.15. The van der Waals surface area contributed by atoms with Gasteiger partial charge in [-0.15, -0.1) is 24.8 Å². The second kappa shape index (κ2) is 15.4. The molecule has 2 rings (SSSR count). The molecule has 1 atom stereocenters. The van der Waals surface area contributed by atoms with Crippen molar-refractivity contribution >= 4 is 63.9 Å². The summed E-state index contributed by atoms with van der Waals surface area (Å²) in [5.74, 6) is 1.26. The molecule has 30 heavy (non-hydrogen) atoms. The summed E-state index contributed by atoms with van der Waals surface area (Å²) in [5, 5.41) is 16.9. The van der Waals surface area contributed by atoms with E-state index in [1.807, 2.05) is 18.2 Å². The summed E-state index contributed by atoms with van der Waals surface area (Å²) in [6.45, 7) is 4.91. The van der Waals surface area contributed by atoms with Crippen LogP contribution in [0.1, 0.15) is 18.1 Å². The summed E-state index contributed by atoms with van der Waals surface area (Å²) in [6, 6.07) is 9.26. The molecule has 0 heterocycles. The molecule has 0 amide bonds. The fourth-order valence-electron chi connectivity index (χ4n) is 2.52. The number of rotatable bonds is 11. The highest BCUT2D eigenvalue weighted by atomic mass is 79.9. The highest BCUT2D eigenvalue weighted by molar-refractivity contribution is 9.10. The zero-order chi connectivity index (χ0) is 20.5. The third-order valence-electron chi connectivity index (χ3n) is 3.92. The van der Waals surface area contributed by atoms with Gasteiger partial charge >= 0.3 is 0 Å². The number of ether oxygens (including phenoxy) is 2. The van der Waals surface area contributed by atoms with Crippen LogP contribution in [0.3, 0.4) is 0 Å². The molecule has 0 aliphatic carbocycles. The van der Waals surface area contributed by atoms with Crippen molar-refractivity contribution in [3.8, 4) is 11.5 Å². The molecule has 0 radical (unpaired) electrons. The molecule has 1 unspecified atom stereocenters. The first-order valence-electron chi connectivity index (χ1n) is 8.93. The molecule has 2 aromatic rings. The van der Waals surface area contributed by atoms with Crippen molar-refractivity contribution in [2.75, 3.05) is 26.7 Å². The van der Waals surface area contributed by atoms with Gasteiger partial charge in [0.25, 0.3) is 0 Å². The van der Waals surface area contributed by atoms with Gasteiger partial charge in [0.2, 0.25) is 0 Å². The lowest BCUT2D eigenvalue weighted by Crippen LogP contribution is -2.31. The van der Waals surface area contributed by atoms with Crippen LogP contribution in [0.5, 0.6) is 11.5 Å². The molecule has 2 aromatic carbocycles. The summed E-state index contributed by atoms with van der Waals surface area (Å²) in [6.07, 6.45) is -0.337. The van der Waals surface area contributed by atoms with Crippen LogP contribution < -0.4 is 20.1 Å². The van der Waals surface area contributed by atoms with Crippen molar-refractivity contribution in [3.05, 3.63) is 56.0 Å². The molecule has 0 saturated heterocycles. The fourth-order valence-corrected chi connectivity index (χ4v) is 3.59. The second-order valence-corrected chi connectivity index (χ2v) is 8.06. The predicted octanol–water partition coefficient (Wildman–Crippen LogP) is 5.25. The van der Waals surface area contributed by atoms with E-state index in [2.05, 4.69) is 26.6 Å². The molecule has 0 aliphatic heterocycles. The van der Waals surface area contributed by atoms with E-state index in [1.165, 1.54) is 0 Å². The molecular weight excluding hydrogens is 538 g/mol. The lowest BCUT2D eigenvalue weighted by molar-refractivity contribution is 0.191. The number of hydrogen-bond acceptors (Lipinski definition) is 5. The molecule has 0 spiro atoms. The Bertz CT molecular complexity index is 782. The van der Waals surface area contributed by atoms with Crippen LogP contribution in [-0.4, -0.2) is 38.0 Å². The van der Waals surface area contributed by atoms with Gasteiger partial charge in [-0.1, -0.05) is 29.3 Å². The molecule has 5 nitrogen and oxygen atoms in total. The first-order chi connectivity index (χ1) is 13.4. The first kappa shape index (κ1) is 29.6. The third-order valence-corrected chi connectivity index (χ3v) is 5.10. The summed E-state index contributed by atoms with van der Waals surface area (Å²) < 4.78 is 12.3. The standard InChI is InChI=1S/C20H25BrCl2N2O3.2ClH/c1-13(26)10-24-5-6-25-11-14-7-17(21)20(19(8-14)27-2)28-12-15-3-4-16(22)9-18(15)23;;/h3-4,7-9,13,24-26H,5-6,10-12H2,1-2H3;2*1H. The van der Waals surface area contributed by atoms with Crippen molar-refractivity contribution in [2.45, 2.75) is 26.2 Å². The van der Waals surface area contributed by atoms with Crippen LogP contribution in [0.25, 0.3) is 0 Å². The highest BCUT2D eigenvalue weighted by Crippen LogP contribution is 2.37. The van der Waals surface area contributed by atoms with Crippen LogP contribution in [-0.2, 0) is 13.2 Å². The maximum atomic E-state index is 9.22. The minimum absolute atomic E-state index is 0. The average Bonchev–Trinajstić information content (AvgIpc) is 2.64. The van der Waals surface area contributed by atoms with Crippen molar-refractivity contribution < 1.29 is 14.6 Å². The van der Waals surface area contributed by atoms with Gasteiger partial charge in [-0.05, 0) is 52.7 Å². The van der Waals surface area contributed by atoms with E-state index in [9.17, 15) is 5.11 Å². The zero-order valence-corrected chi connectivity index (χ0v) is 21.4. The largest absolute Gasteiger partial charge is 0.493 e. The first-order valence-corrected chi connectivity index (χ1v) is 10.5. The van der Waals surface area contributed by atoms with Gasteiger partial charge in [0.05, 0.1) is 17.7 Å². The second-order valence-electron chi connectivity index (χ2n) is 6.36. The van der Waals surface area contributed by atoms with Gasteiger partial charge in [-0.25, -0.2) is 0 Å². The van der Waals surface area contributed by atoms with Crippen LogP contribution in [0, 0.1) is 0 Å². The molecule has 0 aliphatic rings. The predicted molar refractivity (Wildman–Crippen MR) is 132 cm³/mol. The molecule has 0 fully saturated rings. The number of benzene rings is 2. The maximum absolute atomic E-state index is 9.22. The summed E-state index contributed by atoms with van der Waals surface area (Å²) in [7, 11) is 1.61. The van der Waals surface area contributed by atoms with Gasteiger partial charge < -0.3 is 25.2 Å². The van der Waals surface area contributed by atoms with E-state index < -0.39 is 0 Å². The SMILES string of the molecule is COc1cc(CNCCNCC(C)O)cc(Br)c1OCc1ccc(Cl)cc1Cl.Cl.Cl. The van der Waals surface area contributed by atoms with Gasteiger partial charge in [0.15, 0.2) is 11.5 Å². The Morgan fingerprint density at radius 2 is 1.80 bits per heavy atom. The Balaban J connectivity index is 0.00000420. The van der Waals surface area contributed by atoms with Gasteiger partial charge in [0, 0.05) is 41.8 Å². The van der Waals surface area contributed by atoms with Crippen LogP contribution in [0.4, 0.5) is 0 Å². The van der Waals surface area contributed by atoms with Crippen LogP contribution in [0.15, 0.2) is 34.8 Å². The molecule has 10 heteroatoms. The zero-order valence-electron chi connectivity index (χ0n) is 16.7. The van der Waals surface area contributed by atoms with E-state index in [-0.39, 0.29) is 30.9 Å². The Hall–Kier alpha value is -0.440. The summed E-state index contributed by atoms with van der Waals surface area (Å²) >= 11 is 15.7. The van der Waals surface area contributed by atoms with E-state index in [1.54, 1.807) is 26.2 Å². The van der Waals surface area contributed by atoms with E-state index in [0.29, 0.717) is 41.2 Å². The Morgan fingerprint density at radius 1 is 1.10 bits per heavy atom. The molecule has 3 N–H and O–H groups in total. The molecular formula is C20H27BrCl4N2O3. The Morgan fingerprint density at radius 3 is 2.43 bits per heavy atom. The lowest BCUT2D eigenvalue weighted by atomic mass is 10.2. The molecule has 0 bridgehead atoms.